The van der Waals surface area contributed by atoms with E-state index in [4.69, 9.17) is 9.47 Å². The molecule has 0 saturated carbocycles. The molecule has 17 heavy (non-hydrogen) atoms. The average molecular weight is 236 g/mol. The second-order valence-electron chi connectivity index (χ2n) is 3.36. The van der Waals surface area contributed by atoms with E-state index in [-0.39, 0.29) is 23.7 Å². The minimum atomic E-state index is -0.555. The third-order valence-electron chi connectivity index (χ3n) is 2.29. The van der Waals surface area contributed by atoms with Gasteiger partial charge >= 0.3 is 5.97 Å². The summed E-state index contributed by atoms with van der Waals surface area (Å²) in [6.07, 6.45) is 2.13. The van der Waals surface area contributed by atoms with Crippen molar-refractivity contribution in [3.05, 3.63) is 35.9 Å². The molecule has 1 aromatic rings. The molecule has 0 radical (unpaired) electrons. The molecule has 1 rings (SSSR count). The zero-order valence-electron chi connectivity index (χ0n) is 10.0. The molecule has 0 bridgehead atoms. The summed E-state index contributed by atoms with van der Waals surface area (Å²) in [5.74, 6) is -0.494. The van der Waals surface area contributed by atoms with Crippen molar-refractivity contribution >= 4 is 5.97 Å². The third kappa shape index (κ3) is 2.78. The van der Waals surface area contributed by atoms with E-state index in [1.54, 1.807) is 25.1 Å². The normalized spacial score (nSPS) is 9.76. The van der Waals surface area contributed by atoms with Crippen LogP contribution in [0, 0.1) is 0 Å². The topological polar surface area (TPSA) is 55.8 Å². The predicted octanol–water partition coefficient (Wildman–Crippen LogP) is 2.31. The first-order valence-electron chi connectivity index (χ1n) is 5.32. The van der Waals surface area contributed by atoms with Crippen LogP contribution in [0.25, 0.3) is 0 Å². The standard InChI is InChI=1S/C13H16O4/c1-4-6-9-7-8-10(16-3)12(14)11(9)13(15)17-5-2/h4,7-8,14H,1,5-6H2,2-3H3. The minimum Gasteiger partial charge on any atom is -0.504 e. The highest BCUT2D eigenvalue weighted by Crippen LogP contribution is 2.33. The number of methoxy groups -OCH3 is 1. The van der Waals surface area contributed by atoms with Crippen molar-refractivity contribution in [3.63, 3.8) is 0 Å². The summed E-state index contributed by atoms with van der Waals surface area (Å²) in [6.45, 7) is 5.57. The number of carbonyl (C=O) groups excluding carboxylic acids is 1. The predicted molar refractivity (Wildman–Crippen MR) is 64.5 cm³/mol. The maximum absolute atomic E-state index is 11.8. The fourth-order valence-corrected chi connectivity index (χ4v) is 1.54. The third-order valence-corrected chi connectivity index (χ3v) is 2.29. The Morgan fingerprint density at radius 3 is 2.76 bits per heavy atom. The molecule has 0 aliphatic rings. The zero-order chi connectivity index (χ0) is 12.8. The molecule has 1 aromatic carbocycles. The van der Waals surface area contributed by atoms with E-state index in [2.05, 4.69) is 6.58 Å². The van der Waals surface area contributed by atoms with Crippen molar-refractivity contribution in [1.29, 1.82) is 0 Å². The first-order chi connectivity index (χ1) is 8.15. The second-order valence-corrected chi connectivity index (χ2v) is 3.36. The van der Waals surface area contributed by atoms with Gasteiger partial charge in [0, 0.05) is 0 Å². The van der Waals surface area contributed by atoms with E-state index < -0.39 is 5.97 Å². The quantitative estimate of drug-likeness (QED) is 0.629. The first-order valence-corrected chi connectivity index (χ1v) is 5.32. The Labute approximate surface area is 100 Å². The number of carbonyl (C=O) groups is 1. The molecule has 0 fully saturated rings. The van der Waals surface area contributed by atoms with Crippen molar-refractivity contribution in [1.82, 2.24) is 0 Å². The molecule has 0 aromatic heterocycles. The molecule has 0 amide bonds. The van der Waals surface area contributed by atoms with E-state index in [1.807, 2.05) is 0 Å². The Balaban J connectivity index is 3.28. The van der Waals surface area contributed by atoms with Crippen molar-refractivity contribution in [3.8, 4) is 11.5 Å². The van der Waals surface area contributed by atoms with E-state index >= 15 is 0 Å². The van der Waals surface area contributed by atoms with Crippen LogP contribution in [0.5, 0.6) is 11.5 Å². The van der Waals surface area contributed by atoms with Crippen LogP contribution in [0.2, 0.25) is 0 Å². The Kier molecular flexibility index (Phi) is 4.57. The number of phenols is 1. The van der Waals surface area contributed by atoms with Crippen molar-refractivity contribution in [2.75, 3.05) is 13.7 Å². The van der Waals surface area contributed by atoms with E-state index in [1.165, 1.54) is 7.11 Å². The summed E-state index contributed by atoms with van der Waals surface area (Å²) in [7, 11) is 1.43. The molecule has 4 heteroatoms. The number of aromatic hydroxyl groups is 1. The molecular formula is C13H16O4. The number of phenolic OH excluding ortho intramolecular Hbond substituents is 1. The van der Waals surface area contributed by atoms with Gasteiger partial charge in [-0.05, 0) is 25.0 Å². The summed E-state index contributed by atoms with van der Waals surface area (Å²) in [5, 5.41) is 9.93. The molecule has 92 valence electrons. The summed E-state index contributed by atoms with van der Waals surface area (Å²) in [6, 6.07) is 3.32. The van der Waals surface area contributed by atoms with Crippen LogP contribution in [0.4, 0.5) is 0 Å². The highest BCUT2D eigenvalue weighted by molar-refractivity contribution is 5.95. The number of esters is 1. The highest BCUT2D eigenvalue weighted by atomic mass is 16.5. The highest BCUT2D eigenvalue weighted by Gasteiger charge is 2.20. The molecule has 4 nitrogen and oxygen atoms in total. The van der Waals surface area contributed by atoms with Crippen molar-refractivity contribution in [2.45, 2.75) is 13.3 Å². The SMILES string of the molecule is C=CCc1ccc(OC)c(O)c1C(=O)OCC. The molecule has 0 spiro atoms. The summed E-state index contributed by atoms with van der Waals surface area (Å²) >= 11 is 0. The molecule has 0 aliphatic carbocycles. The molecule has 0 heterocycles. The summed E-state index contributed by atoms with van der Waals surface area (Å²) in [5.41, 5.74) is 0.808. The van der Waals surface area contributed by atoms with Gasteiger partial charge in [-0.25, -0.2) is 4.79 Å². The van der Waals surface area contributed by atoms with Crippen LogP contribution in [-0.4, -0.2) is 24.8 Å². The van der Waals surface area contributed by atoms with Gasteiger partial charge in [0.2, 0.25) is 0 Å². The summed E-state index contributed by atoms with van der Waals surface area (Å²) in [4.78, 5) is 11.8. The summed E-state index contributed by atoms with van der Waals surface area (Å²) < 4.78 is 9.87. The Hall–Kier alpha value is -1.97. The minimum absolute atomic E-state index is 0.145. The van der Waals surface area contributed by atoms with Gasteiger partial charge in [0.1, 0.15) is 5.56 Å². The zero-order valence-corrected chi connectivity index (χ0v) is 10.0. The van der Waals surface area contributed by atoms with Gasteiger partial charge in [-0.3, -0.25) is 0 Å². The molecule has 0 aliphatic heterocycles. The number of ether oxygens (including phenoxy) is 2. The van der Waals surface area contributed by atoms with Crippen molar-refractivity contribution in [2.24, 2.45) is 0 Å². The van der Waals surface area contributed by atoms with Crippen LogP contribution in [0.15, 0.2) is 24.8 Å². The Morgan fingerprint density at radius 1 is 1.53 bits per heavy atom. The average Bonchev–Trinajstić information content (AvgIpc) is 2.30. The number of hydrogen-bond donors (Lipinski definition) is 1. The number of allylic oxidation sites excluding steroid dienone is 1. The van der Waals surface area contributed by atoms with E-state index in [9.17, 15) is 9.90 Å². The lowest BCUT2D eigenvalue weighted by Crippen LogP contribution is -2.09. The second kappa shape index (κ2) is 5.94. The van der Waals surface area contributed by atoms with Gasteiger partial charge in [0.25, 0.3) is 0 Å². The maximum Gasteiger partial charge on any atom is 0.342 e. The monoisotopic (exact) mass is 236 g/mol. The first kappa shape index (κ1) is 13.1. The Bertz CT molecular complexity index is 424. The molecule has 0 saturated heterocycles. The van der Waals surface area contributed by atoms with Crippen LogP contribution < -0.4 is 4.74 Å². The smallest absolute Gasteiger partial charge is 0.342 e. The van der Waals surface area contributed by atoms with Gasteiger partial charge < -0.3 is 14.6 Å². The van der Waals surface area contributed by atoms with Gasteiger partial charge in [0.05, 0.1) is 13.7 Å². The fraction of sp³-hybridized carbons (Fsp3) is 0.308. The van der Waals surface area contributed by atoms with Gasteiger partial charge in [-0.15, -0.1) is 6.58 Å². The largest absolute Gasteiger partial charge is 0.504 e. The van der Waals surface area contributed by atoms with Crippen LogP contribution in [-0.2, 0) is 11.2 Å². The van der Waals surface area contributed by atoms with Crippen molar-refractivity contribution < 1.29 is 19.4 Å². The number of hydrogen-bond acceptors (Lipinski definition) is 4. The lowest BCUT2D eigenvalue weighted by molar-refractivity contribution is 0.0521. The molecular weight excluding hydrogens is 220 g/mol. The van der Waals surface area contributed by atoms with E-state index in [0.717, 1.165) is 0 Å². The lowest BCUT2D eigenvalue weighted by Gasteiger charge is -2.12. The van der Waals surface area contributed by atoms with Gasteiger partial charge in [-0.1, -0.05) is 12.1 Å². The lowest BCUT2D eigenvalue weighted by atomic mass is 10.0. The van der Waals surface area contributed by atoms with Gasteiger partial charge in [-0.2, -0.15) is 0 Å². The Morgan fingerprint density at radius 2 is 2.24 bits per heavy atom. The van der Waals surface area contributed by atoms with Crippen LogP contribution >= 0.6 is 0 Å². The molecule has 1 N–H and O–H groups in total. The van der Waals surface area contributed by atoms with E-state index in [0.29, 0.717) is 12.0 Å². The van der Waals surface area contributed by atoms with Gasteiger partial charge in [0.15, 0.2) is 11.5 Å². The molecule has 0 unspecified atom stereocenters. The van der Waals surface area contributed by atoms with Crippen LogP contribution in [0.3, 0.4) is 0 Å². The number of benzene rings is 1. The fourth-order valence-electron chi connectivity index (χ4n) is 1.54. The van der Waals surface area contributed by atoms with Crippen LogP contribution in [0.1, 0.15) is 22.8 Å². The number of rotatable bonds is 5. The molecule has 0 atom stereocenters. The maximum atomic E-state index is 11.8.